The van der Waals surface area contributed by atoms with Gasteiger partial charge in [-0.15, -0.1) is 0 Å². The normalized spacial score (nSPS) is 11.7. The molecular formula is C31H26. The van der Waals surface area contributed by atoms with E-state index in [0.717, 1.165) is 0 Å². The third-order valence-electron chi connectivity index (χ3n) is 6.63. The molecule has 0 aliphatic heterocycles. The second-order valence-electron chi connectivity index (χ2n) is 8.27. The summed E-state index contributed by atoms with van der Waals surface area (Å²) in [5.74, 6) is 0. The first-order valence-electron chi connectivity index (χ1n) is 10.8. The molecule has 0 nitrogen and oxygen atoms in total. The van der Waals surface area contributed by atoms with Crippen molar-refractivity contribution in [1.29, 1.82) is 0 Å². The van der Waals surface area contributed by atoms with Crippen LogP contribution >= 0.6 is 0 Å². The third-order valence-corrected chi connectivity index (χ3v) is 6.63. The van der Waals surface area contributed by atoms with E-state index in [9.17, 15) is 0 Å². The fourth-order valence-electron chi connectivity index (χ4n) is 5.14. The molecule has 31 heavy (non-hydrogen) atoms. The Hall–Kier alpha value is -3.64. The molecular weight excluding hydrogens is 372 g/mol. The van der Waals surface area contributed by atoms with E-state index in [4.69, 9.17) is 0 Å². The van der Waals surface area contributed by atoms with E-state index in [1.54, 1.807) is 0 Å². The minimum Gasteiger partial charge on any atom is -0.0991 e. The van der Waals surface area contributed by atoms with Gasteiger partial charge in [-0.05, 0) is 86.5 Å². The Labute approximate surface area is 184 Å². The number of fused-ring (bicyclic) bond motifs is 3. The van der Waals surface area contributed by atoms with Crippen molar-refractivity contribution in [2.75, 3.05) is 0 Å². The van der Waals surface area contributed by atoms with E-state index in [0.29, 0.717) is 0 Å². The predicted molar refractivity (Wildman–Crippen MR) is 138 cm³/mol. The predicted octanol–water partition coefficient (Wildman–Crippen LogP) is 8.94. The molecule has 0 aromatic heterocycles. The number of benzene rings is 5. The molecule has 0 saturated carbocycles. The van der Waals surface area contributed by atoms with Crippen molar-refractivity contribution in [3.05, 3.63) is 114 Å². The monoisotopic (exact) mass is 398 g/mol. The highest BCUT2D eigenvalue weighted by Gasteiger charge is 2.19. The Balaban J connectivity index is 2.08. The summed E-state index contributed by atoms with van der Waals surface area (Å²) in [6.45, 7) is 10.6. The molecule has 5 aromatic rings. The van der Waals surface area contributed by atoms with Gasteiger partial charge in [-0.3, -0.25) is 0 Å². The maximum Gasteiger partial charge on any atom is -0.00175 e. The molecule has 0 heterocycles. The highest BCUT2D eigenvalue weighted by Crippen LogP contribution is 2.45. The third kappa shape index (κ3) is 2.91. The molecule has 0 fully saturated rings. The molecule has 0 aliphatic rings. The van der Waals surface area contributed by atoms with E-state index < -0.39 is 0 Å². The van der Waals surface area contributed by atoms with E-state index in [1.807, 2.05) is 12.2 Å². The van der Waals surface area contributed by atoms with Crippen LogP contribution in [-0.2, 0) is 0 Å². The van der Waals surface area contributed by atoms with Gasteiger partial charge in [-0.25, -0.2) is 0 Å². The Kier molecular flexibility index (Phi) is 4.71. The van der Waals surface area contributed by atoms with E-state index in [1.165, 1.54) is 65.7 Å². The van der Waals surface area contributed by atoms with Gasteiger partial charge >= 0.3 is 0 Å². The van der Waals surface area contributed by atoms with Crippen LogP contribution in [0.3, 0.4) is 0 Å². The molecule has 5 aromatic carbocycles. The van der Waals surface area contributed by atoms with Gasteiger partial charge in [0.25, 0.3) is 0 Å². The van der Waals surface area contributed by atoms with Gasteiger partial charge in [0.2, 0.25) is 0 Å². The first kappa shape index (κ1) is 19.3. The van der Waals surface area contributed by atoms with Crippen LogP contribution in [0.15, 0.2) is 91.5 Å². The average molecular weight is 399 g/mol. The zero-order chi connectivity index (χ0) is 21.5. The molecule has 0 atom stereocenters. The topological polar surface area (TPSA) is 0 Å². The van der Waals surface area contributed by atoms with E-state index in [-0.39, 0.29) is 0 Å². The summed E-state index contributed by atoms with van der Waals surface area (Å²) in [5, 5.41) is 7.89. The zero-order valence-electron chi connectivity index (χ0n) is 18.4. The Morgan fingerprint density at radius 2 is 0.935 bits per heavy atom. The summed E-state index contributed by atoms with van der Waals surface area (Å²) in [5.41, 5.74) is 7.92. The molecule has 5 rings (SSSR count). The highest BCUT2D eigenvalue weighted by molar-refractivity contribution is 6.19. The van der Waals surface area contributed by atoms with Crippen LogP contribution in [-0.4, -0.2) is 0 Å². The fourth-order valence-corrected chi connectivity index (χ4v) is 5.14. The van der Waals surface area contributed by atoms with Gasteiger partial charge in [-0.2, -0.15) is 0 Å². The molecule has 0 radical (unpaired) electrons. The van der Waals surface area contributed by atoms with Gasteiger partial charge in [0, 0.05) is 0 Å². The van der Waals surface area contributed by atoms with Crippen molar-refractivity contribution in [3.8, 4) is 11.1 Å². The summed E-state index contributed by atoms with van der Waals surface area (Å²) < 4.78 is 0. The lowest BCUT2D eigenvalue weighted by atomic mass is 9.82. The second kappa shape index (κ2) is 7.56. The van der Waals surface area contributed by atoms with E-state index >= 15 is 0 Å². The minimum absolute atomic E-state index is 1.28. The van der Waals surface area contributed by atoms with Crippen molar-refractivity contribution in [2.24, 2.45) is 0 Å². The van der Waals surface area contributed by atoms with Gasteiger partial charge in [0.05, 0.1) is 0 Å². The standard InChI is InChI=1S/C31H26/c1-5-6-13-23-20(2)24-14-7-10-17-27(24)30(22(23)4)31-28-18-11-8-15-25(28)21(3)26-16-9-12-19-29(26)31/h5-19H,1H2,2-4H3/b13-6-. The Morgan fingerprint density at radius 3 is 1.42 bits per heavy atom. The van der Waals surface area contributed by atoms with Crippen LogP contribution in [0.25, 0.3) is 49.5 Å². The van der Waals surface area contributed by atoms with Crippen molar-refractivity contribution in [1.82, 2.24) is 0 Å². The molecule has 0 heteroatoms. The summed E-state index contributed by atoms with van der Waals surface area (Å²) in [4.78, 5) is 0. The maximum atomic E-state index is 3.88. The zero-order valence-corrected chi connectivity index (χ0v) is 18.4. The second-order valence-corrected chi connectivity index (χ2v) is 8.27. The number of allylic oxidation sites excluding steroid dienone is 2. The van der Waals surface area contributed by atoms with Crippen LogP contribution < -0.4 is 0 Å². The molecule has 0 N–H and O–H groups in total. The molecule has 0 spiro atoms. The van der Waals surface area contributed by atoms with Crippen molar-refractivity contribution in [3.63, 3.8) is 0 Å². The van der Waals surface area contributed by atoms with Gasteiger partial charge in [0.15, 0.2) is 0 Å². The van der Waals surface area contributed by atoms with Crippen LogP contribution in [0.1, 0.15) is 22.3 Å². The van der Waals surface area contributed by atoms with Crippen LogP contribution in [0.5, 0.6) is 0 Å². The van der Waals surface area contributed by atoms with E-state index in [2.05, 4.69) is 106 Å². The lowest BCUT2D eigenvalue weighted by Crippen LogP contribution is -1.97. The lowest BCUT2D eigenvalue weighted by molar-refractivity contribution is 1.40. The Morgan fingerprint density at radius 1 is 0.516 bits per heavy atom. The van der Waals surface area contributed by atoms with Crippen molar-refractivity contribution < 1.29 is 0 Å². The smallest absolute Gasteiger partial charge is 0.00175 e. The average Bonchev–Trinajstić information content (AvgIpc) is 2.81. The molecule has 0 bridgehead atoms. The summed E-state index contributed by atoms with van der Waals surface area (Å²) in [6, 6.07) is 26.5. The van der Waals surface area contributed by atoms with Crippen LogP contribution in [0.4, 0.5) is 0 Å². The Bertz CT molecular complexity index is 1460. The van der Waals surface area contributed by atoms with Gasteiger partial charge in [0.1, 0.15) is 0 Å². The van der Waals surface area contributed by atoms with Crippen molar-refractivity contribution in [2.45, 2.75) is 20.8 Å². The summed E-state index contributed by atoms with van der Waals surface area (Å²) in [6.07, 6.45) is 6.09. The SMILES string of the molecule is C=C/C=C\c1c(C)c(-c2c3ccccc3c(C)c3ccccc23)c2ccccc2c1C. The number of rotatable bonds is 3. The maximum absolute atomic E-state index is 3.88. The fraction of sp³-hybridized carbons (Fsp3) is 0.0968. The molecule has 0 aliphatic carbocycles. The quantitative estimate of drug-likeness (QED) is 0.210. The highest BCUT2D eigenvalue weighted by atomic mass is 14.2. The lowest BCUT2D eigenvalue weighted by Gasteiger charge is -2.21. The van der Waals surface area contributed by atoms with Crippen LogP contribution in [0.2, 0.25) is 0 Å². The molecule has 0 unspecified atom stereocenters. The number of aryl methyl sites for hydroxylation is 2. The first-order chi connectivity index (χ1) is 15.1. The summed E-state index contributed by atoms with van der Waals surface area (Å²) in [7, 11) is 0. The number of hydrogen-bond acceptors (Lipinski definition) is 0. The molecule has 150 valence electrons. The summed E-state index contributed by atoms with van der Waals surface area (Å²) >= 11 is 0. The number of hydrogen-bond donors (Lipinski definition) is 0. The van der Waals surface area contributed by atoms with Crippen molar-refractivity contribution >= 4 is 38.4 Å². The first-order valence-corrected chi connectivity index (χ1v) is 10.8. The molecule has 0 amide bonds. The minimum atomic E-state index is 1.28. The van der Waals surface area contributed by atoms with Crippen LogP contribution in [0, 0.1) is 20.8 Å². The van der Waals surface area contributed by atoms with Gasteiger partial charge in [-0.1, -0.05) is 97.6 Å². The van der Waals surface area contributed by atoms with Gasteiger partial charge < -0.3 is 0 Å². The largest absolute Gasteiger partial charge is 0.0991 e. The molecule has 0 saturated heterocycles.